The molecule has 184 valence electrons. The molecule has 3 N–H and O–H groups in total. The SMILES string of the molecule is CCC(=O)NC1CC(c2ccc(-c3nc4cc(O[C@@H]5CO[C@H]6[C@@H]5OC[C@H]6O)[nH]c4cc3F)cc2)C1. The number of carbonyl (C=O) groups excluding carboxylic acids is 1. The number of nitrogens with zero attached hydrogens (tertiary/aromatic N) is 1. The molecule has 3 aromatic rings. The fourth-order valence-electron chi connectivity index (χ4n) is 5.23. The third kappa shape index (κ3) is 4.17. The van der Waals surface area contributed by atoms with E-state index in [4.69, 9.17) is 14.2 Å². The molecule has 1 aliphatic carbocycles. The molecular formula is C26H28FN3O5. The molecule has 6 rings (SSSR count). The van der Waals surface area contributed by atoms with Gasteiger partial charge in [-0.3, -0.25) is 4.79 Å². The Bertz CT molecular complexity index is 1240. The average molecular weight is 482 g/mol. The van der Waals surface area contributed by atoms with Crippen molar-refractivity contribution in [2.45, 2.75) is 62.6 Å². The molecule has 2 aromatic heterocycles. The molecule has 4 atom stereocenters. The van der Waals surface area contributed by atoms with Gasteiger partial charge < -0.3 is 29.6 Å². The number of benzene rings is 1. The highest BCUT2D eigenvalue weighted by molar-refractivity contribution is 5.81. The Morgan fingerprint density at radius 1 is 1.20 bits per heavy atom. The van der Waals surface area contributed by atoms with Gasteiger partial charge in [-0.15, -0.1) is 0 Å². The fraction of sp³-hybridized carbons (Fsp3) is 0.462. The van der Waals surface area contributed by atoms with Crippen molar-refractivity contribution < 1.29 is 28.5 Å². The van der Waals surface area contributed by atoms with Crippen molar-refractivity contribution in [1.29, 1.82) is 0 Å². The zero-order chi connectivity index (χ0) is 24.1. The van der Waals surface area contributed by atoms with Gasteiger partial charge in [-0.05, 0) is 24.3 Å². The lowest BCUT2D eigenvalue weighted by Crippen LogP contribution is -2.43. The van der Waals surface area contributed by atoms with Crippen LogP contribution in [0, 0.1) is 5.82 Å². The molecule has 2 aliphatic heterocycles. The van der Waals surface area contributed by atoms with E-state index in [0.29, 0.717) is 41.4 Å². The number of carbonyl (C=O) groups is 1. The first-order chi connectivity index (χ1) is 17.0. The Balaban J connectivity index is 1.15. The summed E-state index contributed by atoms with van der Waals surface area (Å²) in [5, 5.41) is 12.9. The van der Waals surface area contributed by atoms with Crippen LogP contribution in [0.2, 0.25) is 0 Å². The number of H-pyrrole nitrogens is 1. The van der Waals surface area contributed by atoms with Crippen molar-refractivity contribution in [3.8, 4) is 17.1 Å². The quantitative estimate of drug-likeness (QED) is 0.500. The van der Waals surface area contributed by atoms with E-state index >= 15 is 0 Å². The normalized spacial score (nSPS) is 29.7. The molecule has 0 unspecified atom stereocenters. The summed E-state index contributed by atoms with van der Waals surface area (Å²) in [6.45, 7) is 2.40. The molecule has 2 saturated heterocycles. The molecule has 1 amide bonds. The molecule has 3 aliphatic rings. The number of amides is 1. The smallest absolute Gasteiger partial charge is 0.219 e. The topological polar surface area (TPSA) is 106 Å². The lowest BCUT2D eigenvalue weighted by Gasteiger charge is -2.36. The van der Waals surface area contributed by atoms with Gasteiger partial charge in [0, 0.05) is 30.2 Å². The van der Waals surface area contributed by atoms with Gasteiger partial charge >= 0.3 is 0 Å². The van der Waals surface area contributed by atoms with Gasteiger partial charge in [0.25, 0.3) is 0 Å². The number of aromatic nitrogens is 2. The lowest BCUT2D eigenvalue weighted by atomic mass is 9.75. The molecule has 35 heavy (non-hydrogen) atoms. The summed E-state index contributed by atoms with van der Waals surface area (Å²) < 4.78 is 32.2. The largest absolute Gasteiger partial charge is 0.470 e. The van der Waals surface area contributed by atoms with E-state index in [1.54, 1.807) is 6.07 Å². The van der Waals surface area contributed by atoms with Crippen LogP contribution in [-0.2, 0) is 14.3 Å². The molecule has 0 spiro atoms. The third-order valence-electron chi connectivity index (χ3n) is 7.27. The molecule has 0 radical (unpaired) electrons. The molecule has 9 heteroatoms. The van der Waals surface area contributed by atoms with E-state index in [0.717, 1.165) is 12.8 Å². The second-order valence-corrected chi connectivity index (χ2v) is 9.61. The van der Waals surface area contributed by atoms with Crippen molar-refractivity contribution in [1.82, 2.24) is 15.3 Å². The number of nitrogens with one attached hydrogen (secondary N) is 2. The minimum atomic E-state index is -0.645. The van der Waals surface area contributed by atoms with Gasteiger partial charge in [0.1, 0.15) is 24.0 Å². The van der Waals surface area contributed by atoms with Gasteiger partial charge in [-0.2, -0.15) is 0 Å². The van der Waals surface area contributed by atoms with E-state index in [9.17, 15) is 14.3 Å². The van der Waals surface area contributed by atoms with Crippen LogP contribution in [0.4, 0.5) is 4.39 Å². The Hall–Kier alpha value is -3.01. The van der Waals surface area contributed by atoms with Gasteiger partial charge in [0.2, 0.25) is 5.91 Å². The highest BCUT2D eigenvalue weighted by Gasteiger charge is 2.48. The lowest BCUT2D eigenvalue weighted by molar-refractivity contribution is -0.122. The van der Waals surface area contributed by atoms with Crippen LogP contribution in [-0.4, -0.2) is 64.7 Å². The summed E-state index contributed by atoms with van der Waals surface area (Å²) in [5.41, 5.74) is 3.30. The number of pyridine rings is 1. The molecule has 0 bridgehead atoms. The first-order valence-corrected chi connectivity index (χ1v) is 12.2. The zero-order valence-electron chi connectivity index (χ0n) is 19.4. The molecular weight excluding hydrogens is 453 g/mol. The summed E-state index contributed by atoms with van der Waals surface area (Å²) in [6.07, 6.45) is 0.639. The average Bonchev–Trinajstić information content (AvgIpc) is 3.52. The van der Waals surface area contributed by atoms with E-state index in [1.165, 1.54) is 11.6 Å². The van der Waals surface area contributed by atoms with Gasteiger partial charge in [-0.25, -0.2) is 9.37 Å². The fourth-order valence-corrected chi connectivity index (χ4v) is 5.23. The number of rotatable bonds is 6. The van der Waals surface area contributed by atoms with E-state index in [1.807, 2.05) is 31.2 Å². The third-order valence-corrected chi connectivity index (χ3v) is 7.27. The van der Waals surface area contributed by atoms with Crippen LogP contribution in [0.1, 0.15) is 37.7 Å². The van der Waals surface area contributed by atoms with E-state index < -0.39 is 11.9 Å². The molecule has 3 fully saturated rings. The highest BCUT2D eigenvalue weighted by Crippen LogP contribution is 2.38. The van der Waals surface area contributed by atoms with E-state index in [-0.39, 0.29) is 42.6 Å². The van der Waals surface area contributed by atoms with Crippen molar-refractivity contribution in [3.63, 3.8) is 0 Å². The predicted octanol–water partition coefficient (Wildman–Crippen LogP) is 3.05. The number of hydrogen-bond acceptors (Lipinski definition) is 6. The van der Waals surface area contributed by atoms with Crippen LogP contribution in [0.15, 0.2) is 36.4 Å². The predicted molar refractivity (Wildman–Crippen MR) is 126 cm³/mol. The molecule has 4 heterocycles. The molecule has 1 saturated carbocycles. The second-order valence-electron chi connectivity index (χ2n) is 9.61. The maximum atomic E-state index is 15.0. The first kappa shape index (κ1) is 22.5. The van der Waals surface area contributed by atoms with Crippen molar-refractivity contribution in [2.24, 2.45) is 0 Å². The van der Waals surface area contributed by atoms with Crippen LogP contribution in [0.5, 0.6) is 5.88 Å². The van der Waals surface area contributed by atoms with Crippen molar-refractivity contribution in [3.05, 3.63) is 47.8 Å². The van der Waals surface area contributed by atoms with Crippen LogP contribution >= 0.6 is 0 Å². The van der Waals surface area contributed by atoms with Crippen LogP contribution < -0.4 is 10.1 Å². The number of ether oxygens (including phenoxy) is 3. The van der Waals surface area contributed by atoms with E-state index in [2.05, 4.69) is 15.3 Å². The number of aromatic amines is 1. The summed E-state index contributed by atoms with van der Waals surface area (Å²) in [5.74, 6) is 0.523. The van der Waals surface area contributed by atoms with Gasteiger partial charge in [0.05, 0.1) is 24.2 Å². The first-order valence-electron chi connectivity index (χ1n) is 12.2. The highest BCUT2D eigenvalue weighted by atomic mass is 19.1. The minimum absolute atomic E-state index is 0.0884. The maximum absolute atomic E-state index is 15.0. The summed E-state index contributed by atoms with van der Waals surface area (Å²) in [4.78, 5) is 19.2. The number of fused-ring (bicyclic) bond motifs is 2. The van der Waals surface area contributed by atoms with Crippen LogP contribution in [0.3, 0.4) is 0 Å². The minimum Gasteiger partial charge on any atom is -0.470 e. The zero-order valence-corrected chi connectivity index (χ0v) is 19.4. The van der Waals surface area contributed by atoms with Crippen molar-refractivity contribution in [2.75, 3.05) is 13.2 Å². The Morgan fingerprint density at radius 2 is 1.97 bits per heavy atom. The standard InChI is InChI=1S/C26H28FN3O5/c1-2-22(32)28-16-7-15(8-16)13-3-5-14(6-4-13)24-17(27)9-18-19(30-24)10-23(29-18)35-21-12-34-25-20(31)11-33-26(21)25/h3-6,9-10,15-16,20-21,25-26,29,31H,2,7-8,11-12H2,1H3,(H,28,32)/t15?,16?,20-,21-,25-,26-/m1/s1. The maximum Gasteiger partial charge on any atom is 0.219 e. The molecule has 8 nitrogen and oxygen atoms in total. The number of aliphatic hydroxyl groups is 1. The second kappa shape index (κ2) is 8.89. The Morgan fingerprint density at radius 3 is 2.74 bits per heavy atom. The van der Waals surface area contributed by atoms with Gasteiger partial charge in [-0.1, -0.05) is 31.2 Å². The summed E-state index contributed by atoms with van der Waals surface area (Å²) >= 11 is 0. The Kier molecular flexibility index (Phi) is 5.70. The van der Waals surface area contributed by atoms with Crippen LogP contribution in [0.25, 0.3) is 22.3 Å². The van der Waals surface area contributed by atoms with Crippen molar-refractivity contribution >= 4 is 16.9 Å². The summed E-state index contributed by atoms with van der Waals surface area (Å²) in [7, 11) is 0. The number of aliphatic hydroxyl groups excluding tert-OH is 1. The number of hydrogen-bond donors (Lipinski definition) is 3. The summed E-state index contributed by atoms with van der Waals surface area (Å²) in [6, 6.07) is 11.2. The van der Waals surface area contributed by atoms with Gasteiger partial charge in [0.15, 0.2) is 17.8 Å². The Labute approximate surface area is 201 Å². The number of halogens is 1. The monoisotopic (exact) mass is 481 g/mol. The molecule has 1 aromatic carbocycles.